The van der Waals surface area contributed by atoms with Crippen molar-refractivity contribution in [2.24, 2.45) is 5.92 Å². The molecule has 0 atom stereocenters. The van der Waals surface area contributed by atoms with Crippen molar-refractivity contribution >= 4 is 27.5 Å². The molecule has 1 aliphatic carbocycles. The van der Waals surface area contributed by atoms with Crippen molar-refractivity contribution in [1.82, 2.24) is 19.2 Å². The summed E-state index contributed by atoms with van der Waals surface area (Å²) in [6.07, 6.45) is 7.97. The molecule has 0 bridgehead atoms. The fourth-order valence-electron chi connectivity index (χ4n) is 4.98. The highest BCUT2D eigenvalue weighted by atomic mass is 79.9. The summed E-state index contributed by atoms with van der Waals surface area (Å²) in [4.78, 5) is 22.4. The van der Waals surface area contributed by atoms with Crippen molar-refractivity contribution < 1.29 is 4.79 Å². The fourth-order valence-corrected chi connectivity index (χ4v) is 5.25. The maximum absolute atomic E-state index is 12.9. The first kappa shape index (κ1) is 20.7. The molecule has 1 aliphatic heterocycles. The Hall–Kier alpha value is -2.18. The summed E-state index contributed by atoms with van der Waals surface area (Å²) >= 11 is 3.53. The lowest BCUT2D eigenvalue weighted by Crippen LogP contribution is -2.50. The molecule has 3 heterocycles. The van der Waals surface area contributed by atoms with Crippen LogP contribution in [0.4, 0.5) is 0 Å². The molecule has 162 valence electrons. The third-order valence-electron chi connectivity index (χ3n) is 6.76. The predicted octanol–water partition coefficient (Wildman–Crippen LogP) is 4.99. The monoisotopic (exact) mass is 480 g/mol. The number of imidazole rings is 1. The van der Waals surface area contributed by atoms with Gasteiger partial charge in [-0.1, -0.05) is 53.4 Å². The highest BCUT2D eigenvalue weighted by molar-refractivity contribution is 9.10. The van der Waals surface area contributed by atoms with Gasteiger partial charge >= 0.3 is 0 Å². The Morgan fingerprint density at radius 1 is 0.968 bits per heavy atom. The number of halogens is 1. The number of rotatable bonds is 4. The van der Waals surface area contributed by atoms with Gasteiger partial charge in [0, 0.05) is 54.9 Å². The second-order valence-electron chi connectivity index (χ2n) is 8.78. The van der Waals surface area contributed by atoms with E-state index >= 15 is 0 Å². The summed E-state index contributed by atoms with van der Waals surface area (Å²) in [7, 11) is 0. The molecule has 1 saturated carbocycles. The van der Waals surface area contributed by atoms with Gasteiger partial charge in [-0.3, -0.25) is 9.69 Å². The lowest BCUT2D eigenvalue weighted by molar-refractivity contribution is -0.138. The summed E-state index contributed by atoms with van der Waals surface area (Å²) in [6, 6.07) is 14.5. The normalized spacial score (nSPS) is 18.5. The number of benzene rings is 1. The number of hydrogen-bond donors (Lipinski definition) is 0. The van der Waals surface area contributed by atoms with E-state index in [0.29, 0.717) is 5.91 Å². The third-order valence-corrected chi connectivity index (χ3v) is 7.29. The Bertz CT molecular complexity index is 1050. The number of aromatic nitrogens is 2. The Kier molecular flexibility index (Phi) is 6.10. The lowest BCUT2D eigenvalue weighted by Gasteiger charge is -2.37. The number of piperazine rings is 1. The quantitative estimate of drug-likeness (QED) is 0.528. The van der Waals surface area contributed by atoms with Crippen LogP contribution < -0.4 is 0 Å². The molecule has 2 fully saturated rings. The molecular weight excluding hydrogens is 452 g/mol. The molecule has 5 nitrogen and oxygen atoms in total. The van der Waals surface area contributed by atoms with Crippen LogP contribution in [0.15, 0.2) is 53.1 Å². The smallest absolute Gasteiger partial charge is 0.225 e. The molecule has 0 spiro atoms. The van der Waals surface area contributed by atoms with E-state index in [1.807, 2.05) is 6.07 Å². The minimum absolute atomic E-state index is 0.267. The van der Waals surface area contributed by atoms with Crippen LogP contribution in [0.1, 0.15) is 37.8 Å². The topological polar surface area (TPSA) is 40.9 Å². The van der Waals surface area contributed by atoms with Crippen LogP contribution in [-0.4, -0.2) is 51.3 Å². The first-order valence-corrected chi connectivity index (χ1v) is 12.2. The predicted molar refractivity (Wildman–Crippen MR) is 127 cm³/mol. The summed E-state index contributed by atoms with van der Waals surface area (Å²) < 4.78 is 3.28. The molecule has 31 heavy (non-hydrogen) atoms. The number of nitrogens with zero attached hydrogens (tertiary/aromatic N) is 4. The first-order chi connectivity index (χ1) is 15.2. The van der Waals surface area contributed by atoms with Crippen LogP contribution in [0.5, 0.6) is 0 Å². The van der Waals surface area contributed by atoms with Gasteiger partial charge in [0.15, 0.2) is 0 Å². The van der Waals surface area contributed by atoms with Crippen molar-refractivity contribution in [3.05, 3.63) is 58.8 Å². The fraction of sp³-hybridized carbons (Fsp3) is 0.440. The van der Waals surface area contributed by atoms with Crippen LogP contribution >= 0.6 is 15.9 Å². The molecule has 1 aromatic carbocycles. The number of carbonyl (C=O) groups is 1. The lowest BCUT2D eigenvalue weighted by atomic mass is 9.88. The highest BCUT2D eigenvalue weighted by Gasteiger charge is 2.29. The zero-order valence-electron chi connectivity index (χ0n) is 17.8. The Balaban J connectivity index is 1.32. The SMILES string of the molecule is O=C(C1CCCCC1)N1CCN(Cc2c(-c3ccc(Br)cc3)nc3ccccn23)CC1. The van der Waals surface area contributed by atoms with Crippen molar-refractivity contribution in [3.8, 4) is 11.3 Å². The minimum Gasteiger partial charge on any atom is -0.340 e. The average Bonchev–Trinajstić information content (AvgIpc) is 3.18. The van der Waals surface area contributed by atoms with E-state index in [2.05, 4.69) is 72.7 Å². The van der Waals surface area contributed by atoms with Crippen molar-refractivity contribution in [2.75, 3.05) is 26.2 Å². The molecule has 5 rings (SSSR count). The Morgan fingerprint density at radius 2 is 1.71 bits per heavy atom. The van der Waals surface area contributed by atoms with Crippen LogP contribution in [0.3, 0.4) is 0 Å². The molecule has 0 N–H and O–H groups in total. The van der Waals surface area contributed by atoms with Gasteiger partial charge in [-0.15, -0.1) is 0 Å². The summed E-state index contributed by atoms with van der Waals surface area (Å²) in [6.45, 7) is 4.33. The summed E-state index contributed by atoms with van der Waals surface area (Å²) in [5, 5.41) is 0. The van der Waals surface area contributed by atoms with Gasteiger partial charge < -0.3 is 9.30 Å². The maximum atomic E-state index is 12.9. The second kappa shape index (κ2) is 9.13. The zero-order chi connectivity index (χ0) is 21.2. The standard InChI is InChI=1S/C25H29BrN4O/c26-21-11-9-19(10-12-21)24-22(30-13-5-4-8-23(30)27-24)18-28-14-16-29(17-15-28)25(31)20-6-2-1-3-7-20/h4-5,8-13,20H,1-3,6-7,14-18H2. The van der Waals surface area contributed by atoms with Crippen molar-refractivity contribution in [2.45, 2.75) is 38.6 Å². The van der Waals surface area contributed by atoms with Crippen molar-refractivity contribution in [1.29, 1.82) is 0 Å². The average molecular weight is 481 g/mol. The van der Waals surface area contributed by atoms with Gasteiger partial charge in [-0.05, 0) is 37.1 Å². The summed E-state index contributed by atoms with van der Waals surface area (Å²) in [5.41, 5.74) is 4.36. The third kappa shape index (κ3) is 4.41. The molecular formula is C25H29BrN4O. The van der Waals surface area contributed by atoms with E-state index in [9.17, 15) is 4.79 Å². The molecule has 2 aromatic heterocycles. The van der Waals surface area contributed by atoms with Crippen LogP contribution in [0.2, 0.25) is 0 Å². The Morgan fingerprint density at radius 3 is 2.45 bits per heavy atom. The molecule has 2 aliphatic rings. The number of fused-ring (bicyclic) bond motifs is 1. The second-order valence-corrected chi connectivity index (χ2v) is 9.69. The van der Waals surface area contributed by atoms with E-state index in [4.69, 9.17) is 4.98 Å². The van der Waals surface area contributed by atoms with Gasteiger partial charge in [0.1, 0.15) is 5.65 Å². The van der Waals surface area contributed by atoms with E-state index in [0.717, 1.165) is 66.9 Å². The van der Waals surface area contributed by atoms with Crippen LogP contribution in [0.25, 0.3) is 16.9 Å². The van der Waals surface area contributed by atoms with Gasteiger partial charge in [0.2, 0.25) is 5.91 Å². The van der Waals surface area contributed by atoms with Gasteiger partial charge in [0.05, 0.1) is 11.4 Å². The molecule has 6 heteroatoms. The summed E-state index contributed by atoms with van der Waals surface area (Å²) in [5.74, 6) is 0.660. The first-order valence-electron chi connectivity index (χ1n) is 11.4. The van der Waals surface area contributed by atoms with E-state index in [1.165, 1.54) is 25.0 Å². The van der Waals surface area contributed by atoms with E-state index < -0.39 is 0 Å². The Labute approximate surface area is 192 Å². The highest BCUT2D eigenvalue weighted by Crippen LogP contribution is 2.28. The molecule has 1 saturated heterocycles. The van der Waals surface area contributed by atoms with Crippen LogP contribution in [-0.2, 0) is 11.3 Å². The molecule has 1 amide bonds. The van der Waals surface area contributed by atoms with E-state index in [-0.39, 0.29) is 5.92 Å². The molecule has 3 aromatic rings. The van der Waals surface area contributed by atoms with Crippen molar-refractivity contribution in [3.63, 3.8) is 0 Å². The zero-order valence-corrected chi connectivity index (χ0v) is 19.4. The molecule has 0 radical (unpaired) electrons. The van der Waals surface area contributed by atoms with E-state index in [1.54, 1.807) is 0 Å². The largest absolute Gasteiger partial charge is 0.340 e. The minimum atomic E-state index is 0.267. The maximum Gasteiger partial charge on any atom is 0.225 e. The molecule has 0 unspecified atom stereocenters. The van der Waals surface area contributed by atoms with Gasteiger partial charge in [-0.25, -0.2) is 4.98 Å². The van der Waals surface area contributed by atoms with Crippen LogP contribution in [0, 0.1) is 5.92 Å². The van der Waals surface area contributed by atoms with Gasteiger partial charge in [0.25, 0.3) is 0 Å². The number of amides is 1. The number of carbonyl (C=O) groups excluding carboxylic acids is 1. The number of pyridine rings is 1. The van der Waals surface area contributed by atoms with Gasteiger partial charge in [-0.2, -0.15) is 0 Å². The number of hydrogen-bond acceptors (Lipinski definition) is 3.